The molecule has 1 aliphatic carbocycles. The van der Waals surface area contributed by atoms with Gasteiger partial charge in [-0.25, -0.2) is 0 Å². The molecule has 0 saturated heterocycles. The van der Waals surface area contributed by atoms with Crippen molar-refractivity contribution in [2.24, 2.45) is 24.8 Å². The summed E-state index contributed by atoms with van der Waals surface area (Å²) >= 11 is 0. The average Bonchev–Trinajstić information content (AvgIpc) is 2.64. The van der Waals surface area contributed by atoms with Gasteiger partial charge in [-0.1, -0.05) is 13.8 Å². The van der Waals surface area contributed by atoms with Crippen molar-refractivity contribution in [1.29, 1.82) is 0 Å². The minimum Gasteiger partial charge on any atom is -0.317 e. The van der Waals surface area contributed by atoms with Gasteiger partial charge in [-0.3, -0.25) is 4.68 Å². The predicted octanol–water partition coefficient (Wildman–Crippen LogP) is 3.63. The first kappa shape index (κ1) is 16.5. The maximum atomic E-state index is 4.55. The molecule has 0 radical (unpaired) electrons. The fourth-order valence-electron chi connectivity index (χ4n) is 4.43. The van der Waals surface area contributed by atoms with Crippen LogP contribution in [-0.2, 0) is 13.5 Å². The molecule has 0 bridgehead atoms. The van der Waals surface area contributed by atoms with Crippen LogP contribution in [0.2, 0.25) is 0 Å². The van der Waals surface area contributed by atoms with Gasteiger partial charge in [0.1, 0.15) is 0 Å². The summed E-state index contributed by atoms with van der Waals surface area (Å²) in [4.78, 5) is 0. The number of rotatable bonds is 5. The van der Waals surface area contributed by atoms with E-state index < -0.39 is 0 Å². The summed E-state index contributed by atoms with van der Waals surface area (Å²) in [5, 5.41) is 8.15. The molecule has 1 fully saturated rings. The second-order valence-electron chi connectivity index (χ2n) is 7.38. The van der Waals surface area contributed by atoms with Crippen LogP contribution >= 0.6 is 0 Å². The van der Waals surface area contributed by atoms with Crippen LogP contribution < -0.4 is 5.32 Å². The lowest BCUT2D eigenvalue weighted by Crippen LogP contribution is -2.38. The maximum Gasteiger partial charge on any atom is 0.0628 e. The zero-order valence-corrected chi connectivity index (χ0v) is 14.7. The third kappa shape index (κ3) is 3.88. The lowest BCUT2D eigenvalue weighted by molar-refractivity contribution is 0.175. The van der Waals surface area contributed by atoms with Crippen LogP contribution in [-0.4, -0.2) is 22.9 Å². The Morgan fingerprint density at radius 3 is 2.29 bits per heavy atom. The summed E-state index contributed by atoms with van der Waals surface area (Å²) in [5.41, 5.74) is 3.98. The van der Waals surface area contributed by atoms with Gasteiger partial charge in [-0.15, -0.1) is 0 Å². The SMILES string of the molecule is CNC(CCc1c(C)nn(C)c1C)C1CC(C)CC(C)C1. The lowest BCUT2D eigenvalue weighted by atomic mass is 9.73. The molecule has 0 aliphatic heterocycles. The molecule has 2 rings (SSSR count). The molecule has 0 amide bonds. The molecule has 0 spiro atoms. The quantitative estimate of drug-likeness (QED) is 0.898. The highest BCUT2D eigenvalue weighted by molar-refractivity contribution is 5.24. The van der Waals surface area contributed by atoms with Crippen LogP contribution in [0, 0.1) is 31.6 Å². The van der Waals surface area contributed by atoms with Gasteiger partial charge in [-0.2, -0.15) is 5.10 Å². The fourth-order valence-corrected chi connectivity index (χ4v) is 4.43. The van der Waals surface area contributed by atoms with Crippen molar-refractivity contribution < 1.29 is 0 Å². The van der Waals surface area contributed by atoms with Crippen molar-refractivity contribution in [3.05, 3.63) is 17.0 Å². The summed E-state index contributed by atoms with van der Waals surface area (Å²) in [7, 11) is 4.18. The maximum absolute atomic E-state index is 4.55. The largest absolute Gasteiger partial charge is 0.317 e. The first-order chi connectivity index (χ1) is 9.92. The van der Waals surface area contributed by atoms with Crippen LogP contribution in [0.25, 0.3) is 0 Å². The minimum absolute atomic E-state index is 0.647. The highest BCUT2D eigenvalue weighted by Gasteiger charge is 2.29. The molecule has 0 aromatic carbocycles. The fraction of sp³-hybridized carbons (Fsp3) is 0.833. The minimum atomic E-state index is 0.647. The molecule has 1 N–H and O–H groups in total. The van der Waals surface area contributed by atoms with Crippen molar-refractivity contribution in [2.75, 3.05) is 7.05 Å². The first-order valence-electron chi connectivity index (χ1n) is 8.58. The zero-order valence-electron chi connectivity index (χ0n) is 14.7. The molecule has 3 heteroatoms. The van der Waals surface area contributed by atoms with Crippen molar-refractivity contribution >= 4 is 0 Å². The molecular weight excluding hydrogens is 258 g/mol. The van der Waals surface area contributed by atoms with Gasteiger partial charge in [0, 0.05) is 18.8 Å². The van der Waals surface area contributed by atoms with Gasteiger partial charge >= 0.3 is 0 Å². The predicted molar refractivity (Wildman–Crippen MR) is 89.5 cm³/mol. The second kappa shape index (κ2) is 6.95. The average molecular weight is 291 g/mol. The number of aryl methyl sites for hydroxylation is 2. The van der Waals surface area contributed by atoms with E-state index in [1.54, 1.807) is 0 Å². The molecule has 1 aromatic rings. The number of aromatic nitrogens is 2. The van der Waals surface area contributed by atoms with E-state index in [9.17, 15) is 0 Å². The topological polar surface area (TPSA) is 29.9 Å². The summed E-state index contributed by atoms with van der Waals surface area (Å²) in [6.07, 6.45) is 6.57. The molecule has 21 heavy (non-hydrogen) atoms. The Bertz CT molecular complexity index is 453. The molecule has 1 heterocycles. The van der Waals surface area contributed by atoms with Gasteiger partial charge in [0.15, 0.2) is 0 Å². The van der Waals surface area contributed by atoms with Crippen LogP contribution in [0.3, 0.4) is 0 Å². The highest BCUT2D eigenvalue weighted by atomic mass is 15.3. The van der Waals surface area contributed by atoms with Crippen LogP contribution in [0.5, 0.6) is 0 Å². The second-order valence-corrected chi connectivity index (χ2v) is 7.38. The molecule has 1 aliphatic rings. The Labute approximate surface area is 130 Å². The van der Waals surface area contributed by atoms with Crippen LogP contribution in [0.1, 0.15) is 56.5 Å². The standard InChI is InChI=1S/C18H33N3/c1-12-9-13(2)11-16(10-12)18(19-5)8-7-17-14(3)20-21(6)15(17)4/h12-13,16,18-19H,7-11H2,1-6H3. The van der Waals surface area contributed by atoms with E-state index in [0.29, 0.717) is 6.04 Å². The van der Waals surface area contributed by atoms with Gasteiger partial charge in [-0.05, 0) is 76.3 Å². The lowest BCUT2D eigenvalue weighted by Gasteiger charge is -2.36. The number of hydrogen-bond donors (Lipinski definition) is 1. The summed E-state index contributed by atoms with van der Waals surface area (Å²) < 4.78 is 2.02. The van der Waals surface area contributed by atoms with Gasteiger partial charge in [0.05, 0.1) is 5.69 Å². The monoisotopic (exact) mass is 291 g/mol. The summed E-state index contributed by atoms with van der Waals surface area (Å²) in [6.45, 7) is 9.17. The molecule has 3 nitrogen and oxygen atoms in total. The third-order valence-corrected chi connectivity index (χ3v) is 5.52. The van der Waals surface area contributed by atoms with Crippen molar-refractivity contribution in [1.82, 2.24) is 15.1 Å². The Morgan fingerprint density at radius 1 is 1.19 bits per heavy atom. The van der Waals surface area contributed by atoms with E-state index >= 15 is 0 Å². The molecule has 1 aromatic heterocycles. The molecule has 3 atom stereocenters. The highest BCUT2D eigenvalue weighted by Crippen LogP contribution is 2.35. The number of nitrogens with one attached hydrogen (secondary N) is 1. The Balaban J connectivity index is 1.99. The van der Waals surface area contributed by atoms with Crippen LogP contribution in [0.4, 0.5) is 0 Å². The van der Waals surface area contributed by atoms with Crippen molar-refractivity contribution in [3.8, 4) is 0 Å². The van der Waals surface area contributed by atoms with E-state index in [0.717, 1.165) is 24.2 Å². The van der Waals surface area contributed by atoms with Gasteiger partial charge < -0.3 is 5.32 Å². The Hall–Kier alpha value is -0.830. The molecule has 1 saturated carbocycles. The smallest absolute Gasteiger partial charge is 0.0628 e. The van der Waals surface area contributed by atoms with E-state index in [-0.39, 0.29) is 0 Å². The van der Waals surface area contributed by atoms with Gasteiger partial charge in [0.25, 0.3) is 0 Å². The molecule has 120 valence electrons. The van der Waals surface area contributed by atoms with Crippen LogP contribution in [0.15, 0.2) is 0 Å². The van der Waals surface area contributed by atoms with E-state index in [2.05, 4.69) is 45.2 Å². The Morgan fingerprint density at radius 2 is 1.81 bits per heavy atom. The van der Waals surface area contributed by atoms with E-state index in [1.165, 1.54) is 42.6 Å². The number of hydrogen-bond acceptors (Lipinski definition) is 2. The van der Waals surface area contributed by atoms with Crippen molar-refractivity contribution in [3.63, 3.8) is 0 Å². The molecule has 3 unspecified atom stereocenters. The van der Waals surface area contributed by atoms with E-state index in [4.69, 9.17) is 0 Å². The molecular formula is C18H33N3. The van der Waals surface area contributed by atoms with Gasteiger partial charge in [0.2, 0.25) is 0 Å². The first-order valence-corrected chi connectivity index (χ1v) is 8.58. The third-order valence-electron chi connectivity index (χ3n) is 5.52. The normalized spacial score (nSPS) is 27.8. The zero-order chi connectivity index (χ0) is 15.6. The summed E-state index contributed by atoms with van der Waals surface area (Å²) in [5.74, 6) is 2.61. The Kier molecular flexibility index (Phi) is 5.48. The van der Waals surface area contributed by atoms with E-state index in [1.807, 2.05) is 11.7 Å². The summed E-state index contributed by atoms with van der Waals surface area (Å²) in [6, 6.07) is 0.647. The number of nitrogens with zero attached hydrogens (tertiary/aromatic N) is 2. The van der Waals surface area contributed by atoms with Crippen molar-refractivity contribution in [2.45, 2.75) is 65.8 Å².